The molecule has 3 saturated heterocycles. The third kappa shape index (κ3) is 8.49. The number of aromatic amines is 1. The highest BCUT2D eigenvalue weighted by atomic mass is 31.2. The molecule has 3 aliphatic rings. The molecule has 3 fully saturated rings. The number of ether oxygens (including phenoxy) is 3. The molecule has 28 nitrogen and oxygen atoms in total. The molecule has 11 atom stereocenters. The van der Waals surface area contributed by atoms with Crippen LogP contribution < -0.4 is 28.5 Å². The number of phosphoric acid groups is 2. The van der Waals surface area contributed by atoms with Crippen LogP contribution in [-0.4, -0.2) is 125 Å². The van der Waals surface area contributed by atoms with E-state index in [0.29, 0.717) is 0 Å². The fraction of sp³-hybridized carbons (Fsp3) is 0.517. The number of aliphatic hydroxyl groups is 2. The number of hydrogen-bond acceptors (Lipinski definition) is 22. The molecule has 318 valence electrons. The Hall–Kier alpha value is -4.80. The summed E-state index contributed by atoms with van der Waals surface area (Å²) in [7, 11) is -10.1. The number of nitrogens with zero attached hydrogens (tertiary/aromatic N) is 9. The van der Waals surface area contributed by atoms with Crippen LogP contribution in [-0.2, 0) is 41.4 Å². The fourth-order valence-corrected chi connectivity index (χ4v) is 8.85. The van der Waals surface area contributed by atoms with E-state index >= 15 is 0 Å². The summed E-state index contributed by atoms with van der Waals surface area (Å²) >= 11 is 0. The molecule has 8 heterocycles. The van der Waals surface area contributed by atoms with Crippen molar-refractivity contribution in [3.05, 3.63) is 52.1 Å². The van der Waals surface area contributed by atoms with Gasteiger partial charge in [-0.15, -0.1) is 0 Å². The minimum atomic E-state index is -5.03. The van der Waals surface area contributed by atoms with Crippen LogP contribution >= 0.6 is 15.6 Å². The zero-order valence-corrected chi connectivity index (χ0v) is 32.0. The van der Waals surface area contributed by atoms with Crippen LogP contribution in [0.25, 0.3) is 22.3 Å². The van der Waals surface area contributed by atoms with E-state index in [1.54, 1.807) is 0 Å². The van der Waals surface area contributed by atoms with E-state index in [2.05, 4.69) is 34.9 Å². The fourth-order valence-electron chi connectivity index (χ4n) is 6.93. The molecule has 0 bridgehead atoms. The van der Waals surface area contributed by atoms with Crippen molar-refractivity contribution >= 4 is 55.6 Å². The Morgan fingerprint density at radius 3 is 2.05 bits per heavy atom. The number of aromatic nitrogens is 10. The van der Waals surface area contributed by atoms with Gasteiger partial charge in [-0.05, 0) is 6.07 Å². The maximum absolute atomic E-state index is 13.4. The van der Waals surface area contributed by atoms with Gasteiger partial charge in [0, 0.05) is 25.5 Å². The van der Waals surface area contributed by atoms with Gasteiger partial charge < -0.3 is 51.4 Å². The monoisotopic (exact) mass is 869 g/mol. The largest absolute Gasteiger partial charge is 0.472 e. The Bertz CT molecular complexity index is 2570. The number of imidazole rings is 2. The van der Waals surface area contributed by atoms with Gasteiger partial charge in [0.05, 0.1) is 38.6 Å². The van der Waals surface area contributed by atoms with Gasteiger partial charge in [-0.2, -0.15) is 9.97 Å². The molecule has 0 aliphatic carbocycles. The number of phosphoric ester groups is 2. The molecule has 59 heavy (non-hydrogen) atoms. The average Bonchev–Trinajstić information content (AvgIpc) is 4.00. The summed E-state index contributed by atoms with van der Waals surface area (Å²) in [5, 5.41) is 20.6. The van der Waals surface area contributed by atoms with Crippen molar-refractivity contribution < 1.29 is 61.4 Å². The molecular weight excluding hydrogens is 832 g/mol. The van der Waals surface area contributed by atoms with E-state index in [0.717, 1.165) is 4.57 Å². The topological polar surface area (TPSA) is 400 Å². The summed E-state index contributed by atoms with van der Waals surface area (Å²) in [5.74, 6) is -0.141. The number of nitrogens with two attached hydrogens (primary N) is 3. The van der Waals surface area contributed by atoms with Crippen LogP contribution in [0.4, 0.5) is 17.6 Å². The third-order valence-corrected chi connectivity index (χ3v) is 11.7. The Labute approximate surface area is 329 Å². The molecule has 5 aromatic rings. The normalized spacial score (nSPS) is 29.3. The molecular formula is C29H37N13O15P2. The predicted octanol–water partition coefficient (Wildman–Crippen LogP) is -1.82. The molecule has 5 aromatic heterocycles. The molecule has 0 spiro atoms. The highest BCUT2D eigenvalue weighted by molar-refractivity contribution is 7.47. The maximum atomic E-state index is 13.4. The summed E-state index contributed by atoms with van der Waals surface area (Å²) in [6.45, 7) is -2.06. The first-order valence-corrected chi connectivity index (χ1v) is 20.6. The molecule has 0 radical (unpaired) electrons. The smallest absolute Gasteiger partial charge is 0.394 e. The number of aliphatic hydroxyl groups excluding tert-OH is 2. The lowest BCUT2D eigenvalue weighted by molar-refractivity contribution is -0.0605. The van der Waals surface area contributed by atoms with Gasteiger partial charge in [-0.1, -0.05) is 0 Å². The minimum Gasteiger partial charge on any atom is -0.394 e. The number of nitrogens with one attached hydrogen (secondary N) is 1. The second-order valence-electron chi connectivity index (χ2n) is 13.6. The van der Waals surface area contributed by atoms with Gasteiger partial charge in [0.1, 0.15) is 66.9 Å². The number of anilines is 3. The van der Waals surface area contributed by atoms with Crippen molar-refractivity contribution in [2.75, 3.05) is 37.0 Å². The van der Waals surface area contributed by atoms with E-state index in [4.69, 9.17) is 49.5 Å². The van der Waals surface area contributed by atoms with Crippen molar-refractivity contribution in [1.29, 1.82) is 0 Å². The van der Waals surface area contributed by atoms with Crippen LogP contribution in [0.15, 0.2) is 40.8 Å². The summed E-state index contributed by atoms with van der Waals surface area (Å²) < 4.78 is 69.7. The zero-order chi connectivity index (χ0) is 41.8. The maximum Gasteiger partial charge on any atom is 0.472 e. The highest BCUT2D eigenvalue weighted by Gasteiger charge is 2.46. The first-order chi connectivity index (χ1) is 28.1. The number of nitrogen functional groups attached to an aromatic ring is 3. The second-order valence-corrected chi connectivity index (χ2v) is 16.4. The first kappa shape index (κ1) is 41.0. The van der Waals surface area contributed by atoms with Crippen LogP contribution in [0.2, 0.25) is 0 Å². The number of hydrogen-bond donors (Lipinski definition) is 8. The molecule has 30 heteroatoms. The average molecular weight is 870 g/mol. The zero-order valence-electron chi connectivity index (χ0n) is 30.3. The third-order valence-electron chi connectivity index (χ3n) is 9.71. The summed E-state index contributed by atoms with van der Waals surface area (Å²) in [5.41, 5.74) is 16.3. The Balaban J connectivity index is 0.949. The lowest BCUT2D eigenvalue weighted by atomic mass is 10.2. The molecule has 11 N–H and O–H groups in total. The van der Waals surface area contributed by atoms with E-state index in [1.165, 1.54) is 40.4 Å². The molecule has 3 aliphatic heterocycles. The minimum absolute atomic E-state index is 0.0182. The van der Waals surface area contributed by atoms with Crippen LogP contribution in [0.1, 0.15) is 37.9 Å². The molecule has 8 rings (SSSR count). The van der Waals surface area contributed by atoms with Crippen LogP contribution in [0.5, 0.6) is 0 Å². The lowest BCUT2D eigenvalue weighted by Crippen LogP contribution is -2.31. The number of rotatable bonds is 14. The van der Waals surface area contributed by atoms with Crippen LogP contribution in [0, 0.1) is 0 Å². The molecule has 0 saturated carbocycles. The molecule has 0 amide bonds. The van der Waals surface area contributed by atoms with Gasteiger partial charge in [-0.25, -0.2) is 33.9 Å². The van der Waals surface area contributed by atoms with Crippen LogP contribution in [0.3, 0.4) is 0 Å². The first-order valence-electron chi connectivity index (χ1n) is 17.6. The van der Waals surface area contributed by atoms with Gasteiger partial charge in [0.25, 0.3) is 5.56 Å². The van der Waals surface area contributed by atoms with Gasteiger partial charge in [-0.3, -0.25) is 41.6 Å². The standard InChI is InChI=1S/C29H37N13O15P2/c30-18-1-2-40(29(46)37-18)19-3-12(44)16(54-19)7-51-58(47,48)57-14-5-20(41-10-35-22-24(31)33-9-34-25(22)41)55-17(14)8-52-59(49,50)56-13-4-21(53-15(13)6-43)42-11-36-23-26(42)38-28(32)39-27(23)45/h1-2,9-17,19-21,43-44H,3-8H2,(H,47,48)(H,49,50)(H2,30,37,46)(H2,31,33,34)(H3,32,38,39,45)/t12-,13-,14-,15+,16+,17+,19+,20+,21+/m0/s1. The summed E-state index contributed by atoms with van der Waals surface area (Å²) in [6, 6.07) is 1.36. The van der Waals surface area contributed by atoms with Crippen molar-refractivity contribution in [3.63, 3.8) is 0 Å². The van der Waals surface area contributed by atoms with E-state index in [-0.39, 0.29) is 59.2 Å². The van der Waals surface area contributed by atoms with Crippen molar-refractivity contribution in [2.45, 2.75) is 74.6 Å². The molecule has 2 unspecified atom stereocenters. The lowest BCUT2D eigenvalue weighted by Gasteiger charge is -2.24. The van der Waals surface area contributed by atoms with E-state index < -0.39 is 102 Å². The summed E-state index contributed by atoms with van der Waals surface area (Å²) in [6.07, 6.45) is -5.74. The van der Waals surface area contributed by atoms with Crippen molar-refractivity contribution in [2.24, 2.45) is 0 Å². The van der Waals surface area contributed by atoms with Crippen molar-refractivity contribution in [1.82, 2.24) is 48.6 Å². The Morgan fingerprint density at radius 2 is 1.37 bits per heavy atom. The predicted molar refractivity (Wildman–Crippen MR) is 195 cm³/mol. The quantitative estimate of drug-likeness (QED) is 0.0570. The Kier molecular flexibility index (Phi) is 11.1. The van der Waals surface area contributed by atoms with Crippen molar-refractivity contribution in [3.8, 4) is 0 Å². The number of fused-ring (bicyclic) bond motifs is 2. The second kappa shape index (κ2) is 16.0. The van der Waals surface area contributed by atoms with Gasteiger partial charge >= 0.3 is 21.3 Å². The highest BCUT2D eigenvalue weighted by Crippen LogP contribution is 2.52. The summed E-state index contributed by atoms with van der Waals surface area (Å²) in [4.78, 5) is 72.6. The van der Waals surface area contributed by atoms with Gasteiger partial charge in [0.2, 0.25) is 5.95 Å². The molecule has 0 aromatic carbocycles. The van der Waals surface area contributed by atoms with E-state index in [1.807, 2.05) is 0 Å². The SMILES string of the molecule is Nc1ccn([C@H]2C[C@H](O)[C@@H](COP(=O)(O)O[C@H]3C[C@H](n4cnc5c(N)ncnc54)O[C@@H]3COP(=O)(O)O[C@H]3C[C@H](n4cnc5c(=O)[nH]c(N)nc54)O[C@@H]3CO)O2)c(=O)n1. The number of H-pyrrole nitrogens is 1. The Morgan fingerprint density at radius 1 is 0.780 bits per heavy atom. The van der Waals surface area contributed by atoms with E-state index in [9.17, 15) is 38.7 Å². The van der Waals surface area contributed by atoms with Gasteiger partial charge in [0.15, 0.2) is 22.6 Å².